The van der Waals surface area contributed by atoms with Crippen LogP contribution in [0.5, 0.6) is 57.5 Å². The molecule has 0 fully saturated rings. The molecule has 4 aromatic carbocycles. The molecule has 4 aromatic rings. The van der Waals surface area contributed by atoms with Crippen LogP contribution in [0.15, 0.2) is 60.7 Å². The van der Waals surface area contributed by atoms with Gasteiger partial charge in [0.05, 0.1) is 125 Å². The van der Waals surface area contributed by atoms with Gasteiger partial charge in [0, 0.05) is 62.1 Å². The van der Waals surface area contributed by atoms with Crippen LogP contribution in [-0.2, 0) is 44.7 Å². The quantitative estimate of drug-likeness (QED) is 0.0231. The zero-order valence-corrected chi connectivity index (χ0v) is 45.9. The number of carbonyl (C=O) groups excluding carboxylic acids is 2. The third kappa shape index (κ3) is 13.4. The Kier molecular flexibility index (Phi) is 20.4. The summed E-state index contributed by atoms with van der Waals surface area (Å²) < 4.78 is 69.8. The minimum atomic E-state index is -0.375. The highest BCUT2D eigenvalue weighted by molar-refractivity contribution is 5.81. The van der Waals surface area contributed by atoms with Crippen LogP contribution in [0.25, 0.3) is 0 Å². The van der Waals surface area contributed by atoms with Crippen LogP contribution in [0, 0.1) is 0 Å². The normalized spacial score (nSPS) is 18.9. The van der Waals surface area contributed by atoms with E-state index >= 15 is 0 Å². The van der Waals surface area contributed by atoms with Gasteiger partial charge in [-0.1, -0.05) is 6.08 Å². The Morgan fingerprint density at radius 2 is 0.878 bits per heavy atom. The summed E-state index contributed by atoms with van der Waals surface area (Å²) in [6.45, 7) is 3.99. The van der Waals surface area contributed by atoms with Gasteiger partial charge in [0.1, 0.15) is 12.1 Å². The van der Waals surface area contributed by atoms with Gasteiger partial charge in [-0.05, 0) is 90.0 Å². The number of likely N-dealkylation sites (N-methyl/N-ethyl adjacent to an activating group) is 2. The standard InChI is InChI=1S/C58H80N2O14/c1-59(25-21-41-35-47(63-3)49(65-5)37-43(41)45(59)29-39-31-51(67-7)57(71-11)52(32-39)68-8)23-17-27-73-55(61)19-15-13-14-16-20-56(62)74-28-18-24-60(2)26-22-42-36-48(64-4)50(66-6)38-44(42)46(60)30-40-33-53(69-9)58(72-12)54(34-40)70-10/h15,19,31-38,45-46H,13-14,16-18,20-30H2,1-12H3/q+2/b19-15+/t45-,46-,59+,60+/m1/s1. The maximum Gasteiger partial charge on any atom is 0.330 e. The summed E-state index contributed by atoms with van der Waals surface area (Å²) in [6, 6.07) is 16.5. The number of fused-ring (bicyclic) bond motifs is 2. The van der Waals surface area contributed by atoms with Crippen molar-refractivity contribution in [3.05, 3.63) is 94.1 Å². The minimum absolute atomic E-state index is 0.0502. The maximum atomic E-state index is 12.9. The number of unbranched alkanes of at least 4 members (excludes halogenated alkanes) is 2. The second-order valence-electron chi connectivity index (χ2n) is 19.4. The van der Waals surface area contributed by atoms with Crippen molar-refractivity contribution in [3.63, 3.8) is 0 Å². The van der Waals surface area contributed by atoms with Crippen molar-refractivity contribution in [1.29, 1.82) is 0 Å². The van der Waals surface area contributed by atoms with Crippen molar-refractivity contribution in [2.75, 3.05) is 125 Å². The highest BCUT2D eigenvalue weighted by atomic mass is 16.6. The first-order valence-corrected chi connectivity index (χ1v) is 25.5. The molecule has 0 amide bonds. The van der Waals surface area contributed by atoms with Gasteiger partial charge in [0.15, 0.2) is 46.0 Å². The molecule has 0 aromatic heterocycles. The van der Waals surface area contributed by atoms with Crippen LogP contribution in [0.4, 0.5) is 0 Å². The zero-order chi connectivity index (χ0) is 53.4. The van der Waals surface area contributed by atoms with Gasteiger partial charge in [-0.15, -0.1) is 0 Å². The Bertz CT molecular complexity index is 2510. The number of methoxy groups -OCH3 is 10. The largest absolute Gasteiger partial charge is 0.493 e. The number of nitrogens with zero attached hydrogens (tertiary/aromatic N) is 2. The predicted molar refractivity (Wildman–Crippen MR) is 282 cm³/mol. The summed E-state index contributed by atoms with van der Waals surface area (Å²) in [6.07, 6.45) is 10.2. The second kappa shape index (κ2) is 26.6. The minimum Gasteiger partial charge on any atom is -0.493 e. The van der Waals surface area contributed by atoms with Gasteiger partial charge in [0.2, 0.25) is 11.5 Å². The molecule has 0 aliphatic carbocycles. The van der Waals surface area contributed by atoms with Crippen molar-refractivity contribution < 1.29 is 75.4 Å². The smallest absolute Gasteiger partial charge is 0.330 e. The molecule has 0 N–H and O–H groups in total. The van der Waals surface area contributed by atoms with E-state index in [1.807, 2.05) is 30.3 Å². The molecule has 0 saturated heterocycles. The van der Waals surface area contributed by atoms with Crippen LogP contribution in [-0.4, -0.2) is 145 Å². The van der Waals surface area contributed by atoms with Gasteiger partial charge in [-0.3, -0.25) is 4.79 Å². The summed E-state index contributed by atoms with van der Waals surface area (Å²) in [5.41, 5.74) is 6.93. The number of carbonyl (C=O) groups is 2. The second-order valence-corrected chi connectivity index (χ2v) is 19.4. The van der Waals surface area contributed by atoms with Crippen molar-refractivity contribution in [1.82, 2.24) is 0 Å². The van der Waals surface area contributed by atoms with Gasteiger partial charge in [-0.25, -0.2) is 4.79 Å². The SMILES string of the molecule is COc1cc2c(cc1OC)[C@@H](Cc1cc(OC)c(OC)c(OC)c1)[N@@+](C)(CCCOC(=O)/C=C/CCCCC(=O)OCCC[N@@+]1(C)CCc3cc(OC)c(OC)cc3[C@H]1Cc1cc(OC)c(OC)c(OC)c1)CC2. The molecule has 0 bridgehead atoms. The van der Waals surface area contributed by atoms with Gasteiger partial charge in [-0.2, -0.15) is 0 Å². The molecular formula is C58H80N2O14+2. The fraction of sp³-hybridized carbons (Fsp3) is 0.517. The molecule has 0 saturated carbocycles. The number of rotatable bonds is 28. The number of hydrogen-bond donors (Lipinski definition) is 0. The van der Waals surface area contributed by atoms with Crippen LogP contribution in [0.1, 0.15) is 84.0 Å². The Labute approximate surface area is 438 Å². The van der Waals surface area contributed by atoms with E-state index in [2.05, 4.69) is 38.4 Å². The summed E-state index contributed by atoms with van der Waals surface area (Å²) in [5.74, 6) is 5.71. The number of ether oxygens (including phenoxy) is 12. The van der Waals surface area contributed by atoms with E-state index in [1.54, 1.807) is 71.1 Å². The van der Waals surface area contributed by atoms with Gasteiger partial charge < -0.3 is 65.8 Å². The highest BCUT2D eigenvalue weighted by Crippen LogP contribution is 2.47. The van der Waals surface area contributed by atoms with Crippen molar-refractivity contribution in [3.8, 4) is 57.5 Å². The fourth-order valence-corrected chi connectivity index (χ4v) is 10.9. The average molecular weight is 1030 g/mol. The van der Waals surface area contributed by atoms with E-state index in [-0.39, 0.29) is 24.0 Å². The highest BCUT2D eigenvalue weighted by Gasteiger charge is 2.42. The molecule has 2 aliphatic heterocycles. The Morgan fingerprint density at radius 3 is 1.27 bits per heavy atom. The predicted octanol–water partition coefficient (Wildman–Crippen LogP) is 9.03. The molecule has 74 heavy (non-hydrogen) atoms. The molecule has 16 heteroatoms. The van der Waals surface area contributed by atoms with Gasteiger partial charge in [0.25, 0.3) is 0 Å². The molecule has 6 rings (SSSR count). The number of hydrogen-bond acceptors (Lipinski definition) is 14. The van der Waals surface area contributed by atoms with Gasteiger partial charge >= 0.3 is 11.9 Å². The van der Waals surface area contributed by atoms with Crippen molar-refractivity contribution in [2.24, 2.45) is 0 Å². The molecular weight excluding hydrogens is 949 g/mol. The first-order valence-electron chi connectivity index (χ1n) is 25.5. The molecule has 4 atom stereocenters. The number of benzene rings is 4. The Hall–Kier alpha value is -6.52. The van der Waals surface area contributed by atoms with E-state index in [1.165, 1.54) is 28.3 Å². The lowest BCUT2D eigenvalue weighted by molar-refractivity contribution is -0.941. The van der Waals surface area contributed by atoms with Crippen LogP contribution in [0.3, 0.4) is 0 Å². The van der Waals surface area contributed by atoms with Crippen molar-refractivity contribution in [2.45, 2.75) is 76.3 Å². The van der Waals surface area contributed by atoms with E-state index in [0.717, 1.165) is 65.5 Å². The fourth-order valence-electron chi connectivity index (χ4n) is 10.9. The van der Waals surface area contributed by atoms with Crippen molar-refractivity contribution >= 4 is 11.9 Å². The Morgan fingerprint density at radius 1 is 0.486 bits per heavy atom. The molecule has 0 radical (unpaired) electrons. The summed E-state index contributed by atoms with van der Waals surface area (Å²) in [7, 11) is 20.9. The first kappa shape index (κ1) is 56.8. The third-order valence-electron chi connectivity index (χ3n) is 15.0. The molecule has 2 heterocycles. The first-order chi connectivity index (χ1) is 35.7. The van der Waals surface area contributed by atoms with Crippen LogP contribution in [0.2, 0.25) is 0 Å². The number of allylic oxidation sites excluding steroid dienone is 1. The van der Waals surface area contributed by atoms with E-state index < -0.39 is 0 Å². The lowest BCUT2D eigenvalue weighted by Crippen LogP contribution is -2.52. The van der Waals surface area contributed by atoms with Crippen LogP contribution >= 0.6 is 0 Å². The molecule has 404 valence electrons. The van der Waals surface area contributed by atoms with E-state index in [0.29, 0.717) is 116 Å². The Balaban J connectivity index is 0.967. The monoisotopic (exact) mass is 1030 g/mol. The summed E-state index contributed by atoms with van der Waals surface area (Å²) in [4.78, 5) is 25.7. The maximum absolute atomic E-state index is 12.9. The topological polar surface area (TPSA) is 145 Å². The number of esters is 2. The van der Waals surface area contributed by atoms with E-state index in [9.17, 15) is 9.59 Å². The third-order valence-corrected chi connectivity index (χ3v) is 15.0. The number of quaternary nitrogens is 2. The molecule has 0 unspecified atom stereocenters. The molecule has 16 nitrogen and oxygen atoms in total. The zero-order valence-electron chi connectivity index (χ0n) is 45.9. The lowest BCUT2D eigenvalue weighted by atomic mass is 9.86. The average Bonchev–Trinajstić information content (AvgIpc) is 3.42. The molecule has 2 aliphatic rings. The van der Waals surface area contributed by atoms with Crippen LogP contribution < -0.4 is 47.4 Å². The summed E-state index contributed by atoms with van der Waals surface area (Å²) in [5, 5.41) is 0. The lowest BCUT2D eigenvalue weighted by Gasteiger charge is -2.46. The van der Waals surface area contributed by atoms with E-state index in [4.69, 9.17) is 56.8 Å². The summed E-state index contributed by atoms with van der Waals surface area (Å²) >= 11 is 0. The molecule has 0 spiro atoms.